The quantitative estimate of drug-likeness (QED) is 0.332. The van der Waals surface area contributed by atoms with E-state index in [1.807, 2.05) is 30.5 Å². The third-order valence-electron chi connectivity index (χ3n) is 3.47. The van der Waals surface area contributed by atoms with Gasteiger partial charge in [0.1, 0.15) is 11.3 Å². The number of phenols is 1. The van der Waals surface area contributed by atoms with Crippen LogP contribution in [0.25, 0.3) is 10.9 Å². The molecule has 0 atom stereocenters. The lowest BCUT2D eigenvalue weighted by atomic mass is 10.2. The van der Waals surface area contributed by atoms with Crippen molar-refractivity contribution in [2.75, 3.05) is 17.7 Å². The maximum absolute atomic E-state index is 11.6. The highest BCUT2D eigenvalue weighted by atomic mass is 32.1. The summed E-state index contributed by atoms with van der Waals surface area (Å²) in [6, 6.07) is 12.3. The van der Waals surface area contributed by atoms with Gasteiger partial charge < -0.3 is 25.5 Å². The first-order valence-corrected chi connectivity index (χ1v) is 7.54. The van der Waals surface area contributed by atoms with E-state index in [1.54, 1.807) is 6.07 Å². The van der Waals surface area contributed by atoms with Gasteiger partial charge in [0.05, 0.1) is 7.11 Å². The minimum Gasteiger partial charge on any atom is -0.507 e. The predicted molar refractivity (Wildman–Crippen MR) is 97.6 cm³/mol. The summed E-state index contributed by atoms with van der Waals surface area (Å²) in [6.07, 6.45) is 1.87. The zero-order valence-electron chi connectivity index (χ0n) is 12.8. The molecule has 0 spiro atoms. The van der Waals surface area contributed by atoms with Gasteiger partial charge in [0.2, 0.25) is 0 Å². The molecular weight excluding hydrogens is 326 g/mol. The summed E-state index contributed by atoms with van der Waals surface area (Å²) in [5, 5.41) is 17.2. The second kappa shape index (κ2) is 6.59. The Hall–Kier alpha value is -3.06. The number of esters is 1. The summed E-state index contributed by atoms with van der Waals surface area (Å²) in [5.74, 6) is -0.767. The Morgan fingerprint density at radius 3 is 2.58 bits per heavy atom. The third-order valence-corrected chi connectivity index (χ3v) is 3.68. The third kappa shape index (κ3) is 3.31. The van der Waals surface area contributed by atoms with Crippen LogP contribution in [-0.4, -0.2) is 28.3 Å². The van der Waals surface area contributed by atoms with Gasteiger partial charge in [0.25, 0.3) is 0 Å². The molecule has 3 aromatic rings. The number of carbonyl (C=O) groups excluding carboxylic acids is 1. The number of fused-ring (bicyclic) bond motifs is 1. The Balaban J connectivity index is 1.73. The maximum atomic E-state index is 11.6. The molecule has 7 heteroatoms. The molecule has 6 nitrogen and oxygen atoms in total. The summed E-state index contributed by atoms with van der Waals surface area (Å²) in [7, 11) is 1.26. The number of aromatic hydroxyl groups is 1. The topological polar surface area (TPSA) is 86.4 Å². The van der Waals surface area contributed by atoms with Crippen molar-refractivity contribution in [3.8, 4) is 5.75 Å². The summed E-state index contributed by atoms with van der Waals surface area (Å²) in [6.45, 7) is 0. The van der Waals surface area contributed by atoms with E-state index in [2.05, 4.69) is 20.4 Å². The molecule has 0 aliphatic heterocycles. The van der Waals surface area contributed by atoms with Crippen LogP contribution in [0.4, 0.5) is 11.4 Å². The molecule has 0 fully saturated rings. The van der Waals surface area contributed by atoms with E-state index in [-0.39, 0.29) is 11.3 Å². The van der Waals surface area contributed by atoms with Crippen molar-refractivity contribution in [2.24, 2.45) is 0 Å². The highest BCUT2D eigenvalue weighted by Crippen LogP contribution is 2.23. The smallest absolute Gasteiger partial charge is 0.341 e. The molecule has 2 aromatic carbocycles. The van der Waals surface area contributed by atoms with Crippen molar-refractivity contribution < 1.29 is 14.6 Å². The van der Waals surface area contributed by atoms with Crippen LogP contribution in [-0.2, 0) is 4.74 Å². The first-order valence-electron chi connectivity index (χ1n) is 7.13. The molecule has 1 heterocycles. The lowest BCUT2D eigenvalue weighted by molar-refractivity contribution is 0.0597. The number of aromatic amines is 1. The molecule has 24 heavy (non-hydrogen) atoms. The van der Waals surface area contributed by atoms with E-state index >= 15 is 0 Å². The number of carbonyl (C=O) groups is 1. The summed E-state index contributed by atoms with van der Waals surface area (Å²) in [5.41, 5.74) is 2.51. The van der Waals surface area contributed by atoms with Gasteiger partial charge >= 0.3 is 5.97 Å². The standard InChI is InChI=1S/C17H15N3O3S/c1-23-16(22)13-9-12(3-5-15(13)21)20-17(24)19-11-2-4-14-10(8-11)6-7-18-14/h2-9,18,21H,1H3,(H2,19,20,24). The van der Waals surface area contributed by atoms with E-state index in [0.717, 1.165) is 16.6 Å². The number of phenolic OH excluding ortho intramolecular Hbond substituents is 1. The molecule has 0 amide bonds. The molecule has 0 unspecified atom stereocenters. The SMILES string of the molecule is COC(=O)c1cc(NC(=S)Nc2ccc3[nH]ccc3c2)ccc1O. The van der Waals surface area contributed by atoms with Gasteiger partial charge in [0, 0.05) is 28.5 Å². The fourth-order valence-electron chi connectivity index (χ4n) is 2.31. The van der Waals surface area contributed by atoms with Crippen molar-refractivity contribution in [3.63, 3.8) is 0 Å². The van der Waals surface area contributed by atoms with Gasteiger partial charge in [-0.2, -0.15) is 0 Å². The molecule has 122 valence electrons. The fourth-order valence-corrected chi connectivity index (χ4v) is 2.55. The van der Waals surface area contributed by atoms with E-state index in [9.17, 15) is 9.90 Å². The molecule has 4 N–H and O–H groups in total. The molecule has 0 bridgehead atoms. The van der Waals surface area contributed by atoms with Crippen LogP contribution >= 0.6 is 12.2 Å². The second-order valence-electron chi connectivity index (χ2n) is 5.08. The lowest BCUT2D eigenvalue weighted by Gasteiger charge is -2.12. The van der Waals surface area contributed by atoms with E-state index in [4.69, 9.17) is 12.2 Å². The van der Waals surface area contributed by atoms with Crippen molar-refractivity contribution in [2.45, 2.75) is 0 Å². The molecule has 0 aliphatic carbocycles. The van der Waals surface area contributed by atoms with E-state index < -0.39 is 5.97 Å². The van der Waals surface area contributed by atoms with Gasteiger partial charge in [-0.15, -0.1) is 0 Å². The normalized spacial score (nSPS) is 10.4. The molecule has 0 aliphatic rings. The first-order chi connectivity index (χ1) is 11.6. The Morgan fingerprint density at radius 2 is 1.83 bits per heavy atom. The van der Waals surface area contributed by atoms with Gasteiger partial charge in [-0.25, -0.2) is 4.79 Å². The van der Waals surface area contributed by atoms with Crippen molar-refractivity contribution in [3.05, 3.63) is 54.2 Å². The van der Waals surface area contributed by atoms with Crippen LogP contribution in [0.3, 0.4) is 0 Å². The number of thiocarbonyl (C=S) groups is 1. The Bertz CT molecular complexity index is 920. The monoisotopic (exact) mass is 341 g/mol. The first kappa shape index (κ1) is 15.8. The van der Waals surface area contributed by atoms with Crippen molar-refractivity contribution in [1.82, 2.24) is 4.98 Å². The number of anilines is 2. The number of rotatable bonds is 3. The number of benzene rings is 2. The van der Waals surface area contributed by atoms with Crippen LogP contribution in [0.15, 0.2) is 48.7 Å². The number of nitrogens with one attached hydrogen (secondary N) is 3. The highest BCUT2D eigenvalue weighted by Gasteiger charge is 2.12. The fraction of sp³-hybridized carbons (Fsp3) is 0.0588. The lowest BCUT2D eigenvalue weighted by Crippen LogP contribution is -2.19. The van der Waals surface area contributed by atoms with Crippen LogP contribution in [0, 0.1) is 0 Å². The summed E-state index contributed by atoms with van der Waals surface area (Å²) < 4.78 is 4.63. The predicted octanol–water partition coefficient (Wildman–Crippen LogP) is 3.47. The van der Waals surface area contributed by atoms with Gasteiger partial charge in [-0.1, -0.05) is 0 Å². The Labute approximate surface area is 143 Å². The zero-order valence-corrected chi connectivity index (χ0v) is 13.6. The molecule has 3 rings (SSSR count). The number of methoxy groups -OCH3 is 1. The largest absolute Gasteiger partial charge is 0.507 e. The van der Waals surface area contributed by atoms with Crippen LogP contribution in [0.2, 0.25) is 0 Å². The number of hydrogen-bond acceptors (Lipinski definition) is 4. The Morgan fingerprint density at radius 1 is 1.12 bits per heavy atom. The van der Waals surface area contributed by atoms with Crippen LogP contribution in [0.5, 0.6) is 5.75 Å². The maximum Gasteiger partial charge on any atom is 0.341 e. The van der Waals surface area contributed by atoms with Crippen LogP contribution in [0.1, 0.15) is 10.4 Å². The highest BCUT2D eigenvalue weighted by molar-refractivity contribution is 7.80. The van der Waals surface area contributed by atoms with E-state index in [0.29, 0.717) is 10.8 Å². The van der Waals surface area contributed by atoms with Gasteiger partial charge in [-0.3, -0.25) is 0 Å². The number of aromatic nitrogens is 1. The molecular formula is C17H15N3O3S. The number of hydrogen-bond donors (Lipinski definition) is 4. The zero-order chi connectivity index (χ0) is 17.1. The molecule has 0 radical (unpaired) electrons. The summed E-state index contributed by atoms with van der Waals surface area (Å²) >= 11 is 5.28. The van der Waals surface area contributed by atoms with Crippen LogP contribution < -0.4 is 10.6 Å². The number of ether oxygens (including phenoxy) is 1. The summed E-state index contributed by atoms with van der Waals surface area (Å²) in [4.78, 5) is 14.7. The van der Waals surface area contributed by atoms with Crippen molar-refractivity contribution in [1.29, 1.82) is 0 Å². The minimum absolute atomic E-state index is 0.0686. The molecule has 1 aromatic heterocycles. The van der Waals surface area contributed by atoms with Gasteiger partial charge in [-0.05, 0) is 54.7 Å². The number of H-pyrrole nitrogens is 1. The second-order valence-corrected chi connectivity index (χ2v) is 5.49. The molecule has 0 saturated heterocycles. The van der Waals surface area contributed by atoms with Crippen molar-refractivity contribution >= 4 is 45.6 Å². The average molecular weight is 341 g/mol. The van der Waals surface area contributed by atoms with Gasteiger partial charge in [0.15, 0.2) is 5.11 Å². The Kier molecular flexibility index (Phi) is 4.35. The minimum atomic E-state index is -0.618. The average Bonchev–Trinajstić information content (AvgIpc) is 3.03. The molecule has 0 saturated carbocycles. The van der Waals surface area contributed by atoms with E-state index in [1.165, 1.54) is 19.2 Å².